The Morgan fingerprint density at radius 1 is 1.08 bits per heavy atom. The van der Waals surface area contributed by atoms with Crippen LogP contribution in [0, 0.1) is 13.8 Å². The van der Waals surface area contributed by atoms with Gasteiger partial charge in [-0.05, 0) is 44.0 Å². The number of benzene rings is 1. The van der Waals surface area contributed by atoms with Crippen molar-refractivity contribution in [2.75, 3.05) is 17.3 Å². The number of carbonyl (C=O) groups is 1. The molecule has 3 rings (SSSR count). The number of aromatic nitrogens is 3. The molecule has 14 heteroatoms. The molecule has 1 amide bonds. The Bertz CT molecular complexity index is 1370. The molecule has 39 heavy (non-hydrogen) atoms. The summed E-state index contributed by atoms with van der Waals surface area (Å²) in [5.41, 5.74) is -0.304. The van der Waals surface area contributed by atoms with Crippen LogP contribution in [-0.2, 0) is 36.2 Å². The van der Waals surface area contributed by atoms with E-state index in [-0.39, 0.29) is 34.9 Å². The van der Waals surface area contributed by atoms with E-state index in [1.807, 2.05) is 0 Å². The van der Waals surface area contributed by atoms with E-state index in [1.54, 1.807) is 51.3 Å². The van der Waals surface area contributed by atoms with Gasteiger partial charge in [-0.25, -0.2) is 0 Å². The van der Waals surface area contributed by atoms with E-state index in [4.69, 9.17) is 0 Å². The Kier molecular flexibility index (Phi) is 9.08. The van der Waals surface area contributed by atoms with E-state index in [0.717, 1.165) is 5.56 Å². The Morgan fingerprint density at radius 3 is 2.36 bits per heavy atom. The zero-order valence-electron chi connectivity index (χ0n) is 21.5. The first kappa shape index (κ1) is 30.1. The van der Waals surface area contributed by atoms with Crippen LogP contribution in [0.15, 0.2) is 36.4 Å². The van der Waals surface area contributed by atoms with Gasteiger partial charge in [0.05, 0.1) is 23.6 Å². The van der Waals surface area contributed by atoms with Crippen molar-refractivity contribution in [2.24, 2.45) is 0 Å². The number of halogens is 6. The molecule has 0 spiro atoms. The quantitative estimate of drug-likeness (QED) is 0.347. The summed E-state index contributed by atoms with van der Waals surface area (Å²) in [7, 11) is -1.08. The first-order chi connectivity index (χ1) is 18.1. The van der Waals surface area contributed by atoms with Gasteiger partial charge in [-0.3, -0.25) is 18.7 Å². The maximum atomic E-state index is 13.3. The molecule has 0 bridgehead atoms. The third-order valence-corrected chi connectivity index (χ3v) is 6.70. The van der Waals surface area contributed by atoms with Crippen LogP contribution in [-0.4, -0.2) is 42.9 Å². The summed E-state index contributed by atoms with van der Waals surface area (Å²) in [5, 5.41) is 9.09. The van der Waals surface area contributed by atoms with Crippen molar-refractivity contribution in [2.45, 2.75) is 52.3 Å². The maximum absolute atomic E-state index is 13.3. The normalized spacial score (nSPS) is 13.7. The molecule has 0 saturated carbocycles. The molecule has 0 aliphatic rings. The zero-order chi connectivity index (χ0) is 29.1. The van der Waals surface area contributed by atoms with E-state index in [9.17, 15) is 35.3 Å². The van der Waals surface area contributed by atoms with Crippen LogP contribution in [0.25, 0.3) is 0 Å². The summed E-state index contributed by atoms with van der Waals surface area (Å²) in [6.45, 7) is 4.74. The van der Waals surface area contributed by atoms with E-state index in [2.05, 4.69) is 20.7 Å². The molecule has 2 heterocycles. The molecule has 0 fully saturated rings. The second-order valence-electron chi connectivity index (χ2n) is 9.08. The summed E-state index contributed by atoms with van der Waals surface area (Å²) in [5.74, 6) is -0.00546. The smallest absolute Gasteiger partial charge is 0.379 e. The Hall–Kier alpha value is -3.42. The second kappa shape index (κ2) is 11.8. The van der Waals surface area contributed by atoms with Crippen LogP contribution in [0.2, 0.25) is 0 Å². The number of nitrogens with zero attached hydrogens (tertiary/aromatic N) is 3. The number of nitrogens with one attached hydrogen (secondary N) is 2. The monoisotopic (exact) mass is 575 g/mol. The van der Waals surface area contributed by atoms with Crippen molar-refractivity contribution in [1.29, 1.82) is 0 Å². The summed E-state index contributed by atoms with van der Waals surface area (Å²) < 4.78 is 90.5. The summed E-state index contributed by atoms with van der Waals surface area (Å²) >= 11 is 0. The Labute approximate surface area is 223 Å². The highest BCUT2D eigenvalue weighted by atomic mass is 32.2. The number of amides is 1. The fourth-order valence-electron chi connectivity index (χ4n) is 4.03. The van der Waals surface area contributed by atoms with Crippen molar-refractivity contribution in [3.05, 3.63) is 75.9 Å². The fourth-order valence-corrected chi connectivity index (χ4v) is 4.81. The predicted octanol–water partition coefficient (Wildman–Crippen LogP) is 5.09. The molecule has 1 unspecified atom stereocenters. The van der Waals surface area contributed by atoms with Gasteiger partial charge >= 0.3 is 12.4 Å². The van der Waals surface area contributed by atoms with Crippen molar-refractivity contribution in [1.82, 2.24) is 20.1 Å². The first-order valence-electron chi connectivity index (χ1n) is 11.7. The highest BCUT2D eigenvalue weighted by molar-refractivity contribution is 7.84. The van der Waals surface area contributed by atoms with Crippen LogP contribution < -0.4 is 10.6 Å². The van der Waals surface area contributed by atoms with Crippen molar-refractivity contribution < 1.29 is 35.3 Å². The van der Waals surface area contributed by atoms with Crippen LogP contribution in [0.5, 0.6) is 0 Å². The molecule has 3 aromatic rings. The summed E-state index contributed by atoms with van der Waals surface area (Å²) in [6.07, 6.45) is -8.51. The Morgan fingerprint density at radius 2 is 1.77 bits per heavy atom. The standard InChI is InChI=1S/C25H27F6N5O2S/c1-14-6-5-7-17(22(14)23(37)33-15(2)13-39(4)38)11-32-19-9-8-18(34-16(19)3)12-36-21(25(29,30)31)10-20(35-36)24(26,27)28/h5-10,15,32H,11-13H2,1-4H3,(H,33,37)/t15-,39?/m0/s1. The number of pyridine rings is 1. The van der Waals surface area contributed by atoms with Crippen LogP contribution >= 0.6 is 0 Å². The van der Waals surface area contributed by atoms with Crippen molar-refractivity contribution in [3.8, 4) is 0 Å². The molecule has 212 valence electrons. The van der Waals surface area contributed by atoms with E-state index >= 15 is 0 Å². The van der Waals surface area contributed by atoms with Gasteiger partial charge in [-0.15, -0.1) is 0 Å². The highest BCUT2D eigenvalue weighted by Crippen LogP contribution is 2.35. The number of anilines is 1. The molecule has 2 atom stereocenters. The molecule has 2 N–H and O–H groups in total. The summed E-state index contributed by atoms with van der Waals surface area (Å²) in [6, 6.07) is 7.96. The van der Waals surface area contributed by atoms with E-state index in [0.29, 0.717) is 28.3 Å². The second-order valence-corrected chi connectivity index (χ2v) is 10.6. The predicted molar refractivity (Wildman–Crippen MR) is 135 cm³/mol. The summed E-state index contributed by atoms with van der Waals surface area (Å²) in [4.78, 5) is 17.2. The lowest BCUT2D eigenvalue weighted by Gasteiger charge is -2.18. The van der Waals surface area contributed by atoms with Gasteiger partial charge in [0.1, 0.15) is 5.69 Å². The van der Waals surface area contributed by atoms with Gasteiger partial charge in [0.2, 0.25) is 0 Å². The minimum atomic E-state index is -5.03. The third-order valence-electron chi connectivity index (χ3n) is 5.73. The molecule has 0 aliphatic carbocycles. The van der Waals surface area contributed by atoms with Crippen LogP contribution in [0.3, 0.4) is 0 Å². The molecule has 0 saturated heterocycles. The molecular weight excluding hydrogens is 548 g/mol. The van der Waals surface area contributed by atoms with E-state index in [1.165, 1.54) is 6.07 Å². The molecular formula is C25H27F6N5O2S. The highest BCUT2D eigenvalue weighted by Gasteiger charge is 2.41. The first-order valence-corrected chi connectivity index (χ1v) is 13.4. The number of aryl methyl sites for hydroxylation is 2. The van der Waals surface area contributed by atoms with Gasteiger partial charge in [0.15, 0.2) is 5.69 Å². The number of hydrogen-bond acceptors (Lipinski definition) is 5. The van der Waals surface area contributed by atoms with Gasteiger partial charge in [0.25, 0.3) is 5.91 Å². The topological polar surface area (TPSA) is 88.9 Å². The fraction of sp³-hybridized carbons (Fsp3) is 0.400. The molecule has 7 nitrogen and oxygen atoms in total. The molecule has 1 aromatic carbocycles. The van der Waals surface area contributed by atoms with Crippen LogP contribution in [0.4, 0.5) is 32.0 Å². The number of rotatable bonds is 9. The van der Waals surface area contributed by atoms with Crippen molar-refractivity contribution >= 4 is 22.4 Å². The minimum absolute atomic E-state index is 0.0270. The average molecular weight is 576 g/mol. The van der Waals surface area contributed by atoms with E-state index < -0.39 is 41.1 Å². The minimum Gasteiger partial charge on any atom is -0.379 e. The number of carbonyl (C=O) groups excluding carboxylic acids is 1. The van der Waals surface area contributed by atoms with Gasteiger partial charge in [-0.1, -0.05) is 18.2 Å². The van der Waals surface area contributed by atoms with Gasteiger partial charge in [-0.2, -0.15) is 31.4 Å². The lowest BCUT2D eigenvalue weighted by Crippen LogP contribution is -2.37. The lowest BCUT2D eigenvalue weighted by molar-refractivity contribution is -0.144. The third kappa shape index (κ3) is 7.80. The largest absolute Gasteiger partial charge is 0.435 e. The van der Waals surface area contributed by atoms with Crippen LogP contribution in [0.1, 0.15) is 51.2 Å². The van der Waals surface area contributed by atoms with Crippen molar-refractivity contribution in [3.63, 3.8) is 0 Å². The van der Waals surface area contributed by atoms with Gasteiger partial charge in [0, 0.05) is 47.0 Å². The molecule has 0 aliphatic heterocycles. The zero-order valence-corrected chi connectivity index (χ0v) is 22.3. The number of hydrogen-bond donors (Lipinski definition) is 2. The molecule has 2 aromatic heterocycles. The average Bonchev–Trinajstić information content (AvgIpc) is 3.23. The SMILES string of the molecule is Cc1cccc(CNc2ccc(Cn3nc(C(F)(F)F)cc3C(F)(F)F)nc2C)c1C(=O)N[C@@H](C)CS(C)=O. The number of alkyl halides is 6. The molecule has 0 radical (unpaired) electrons. The lowest BCUT2D eigenvalue weighted by atomic mass is 10.0. The maximum Gasteiger partial charge on any atom is 0.435 e. The van der Waals surface area contributed by atoms with Gasteiger partial charge < -0.3 is 10.6 Å². The Balaban J connectivity index is 1.78.